The minimum Gasteiger partial charge on any atom is -0.403 e. The number of nitrogens with one attached hydrogen (secondary N) is 1. The Kier molecular flexibility index (Phi) is 6.48. The van der Waals surface area contributed by atoms with Gasteiger partial charge in [-0.3, -0.25) is 19.2 Å². The molecule has 184 valence electrons. The Hall–Kier alpha value is -2.70. The molecule has 0 aromatic carbocycles. The molecule has 1 saturated heterocycles. The highest BCUT2D eigenvalue weighted by molar-refractivity contribution is 6.39. The number of nitrogens with zero attached hydrogens (tertiary/aromatic N) is 2. The monoisotopic (exact) mass is 465 g/mol. The zero-order valence-electron chi connectivity index (χ0n) is 19.2. The molecule has 3 rings (SSSR count). The summed E-state index contributed by atoms with van der Waals surface area (Å²) in [6, 6.07) is -1.51. The molecule has 3 amide bonds. The fourth-order valence-corrected chi connectivity index (χ4v) is 5.58. The maximum atomic E-state index is 13.3. The summed E-state index contributed by atoms with van der Waals surface area (Å²) in [7, 11) is 0. The Balaban J connectivity index is 1.81. The van der Waals surface area contributed by atoms with E-state index in [2.05, 4.69) is 5.32 Å². The second-order valence-electron chi connectivity index (χ2n) is 10.1. The minimum atomic E-state index is -1.35. The zero-order chi connectivity index (χ0) is 24.8. The van der Waals surface area contributed by atoms with Crippen LogP contribution in [-0.4, -0.2) is 74.8 Å². The molecule has 2 atom stereocenters. The molecule has 10 N–H and O–H groups in total. The van der Waals surface area contributed by atoms with Crippen LogP contribution >= 0.6 is 0 Å². The largest absolute Gasteiger partial charge is 0.403 e. The van der Waals surface area contributed by atoms with Gasteiger partial charge in [-0.2, -0.15) is 0 Å². The van der Waals surface area contributed by atoms with Crippen molar-refractivity contribution in [1.29, 1.82) is 0 Å². The van der Waals surface area contributed by atoms with Crippen molar-refractivity contribution in [3.63, 3.8) is 0 Å². The zero-order valence-corrected chi connectivity index (χ0v) is 19.2. The highest BCUT2D eigenvalue weighted by atomic mass is 16.3. The van der Waals surface area contributed by atoms with E-state index in [1.54, 1.807) is 0 Å². The van der Waals surface area contributed by atoms with Gasteiger partial charge in [0.1, 0.15) is 17.2 Å². The molecular weight excluding hydrogens is 430 g/mol. The SMILES string of the molecule is CC(C)(O)/C(=C/N)N(N)C1CC(C(=O)NC2(C(=O)C(N)=O)CC3(CCC3)C2)N(C(=O)CN)C1. The predicted octanol–water partition coefficient (Wildman–Crippen LogP) is -2.47. The first-order valence-corrected chi connectivity index (χ1v) is 11.1. The topological polar surface area (TPSA) is 211 Å². The second-order valence-corrected chi connectivity index (χ2v) is 10.1. The van der Waals surface area contributed by atoms with Gasteiger partial charge in [-0.05, 0) is 44.9 Å². The first-order valence-electron chi connectivity index (χ1n) is 11.1. The minimum absolute atomic E-state index is 0.0368. The predicted molar refractivity (Wildman–Crippen MR) is 118 cm³/mol. The Morgan fingerprint density at radius 3 is 2.27 bits per heavy atom. The van der Waals surface area contributed by atoms with Crippen molar-refractivity contribution in [3.05, 3.63) is 11.9 Å². The second kappa shape index (κ2) is 8.58. The third-order valence-electron chi connectivity index (χ3n) is 7.32. The number of hydrogen-bond donors (Lipinski definition) is 6. The fraction of sp³-hybridized carbons (Fsp3) is 0.714. The molecule has 0 aromatic heterocycles. The summed E-state index contributed by atoms with van der Waals surface area (Å²) in [5, 5.41) is 14.4. The van der Waals surface area contributed by atoms with Crippen molar-refractivity contribution in [2.24, 2.45) is 28.5 Å². The average Bonchev–Trinajstić information content (AvgIpc) is 3.12. The first-order chi connectivity index (χ1) is 15.3. The molecule has 12 heteroatoms. The standard InChI is InChI=1S/C21H35N7O5/c1-19(2,33)14(7-22)28(25)12-6-13(27(9-12)15(29)8-23)18(32)26-21(16(30)17(24)31)10-20(11-21)4-3-5-20/h7,12-13,33H,3-6,8-11,22-23,25H2,1-2H3,(H2,24,31)(H,26,32)/b14-7-. The van der Waals surface area contributed by atoms with E-state index in [4.69, 9.17) is 23.0 Å². The summed E-state index contributed by atoms with van der Waals surface area (Å²) in [5.74, 6) is 3.25. The first kappa shape index (κ1) is 24.9. The summed E-state index contributed by atoms with van der Waals surface area (Å²) < 4.78 is 0. The van der Waals surface area contributed by atoms with E-state index >= 15 is 0 Å². The van der Waals surface area contributed by atoms with Gasteiger partial charge in [-0.25, -0.2) is 5.84 Å². The number of aliphatic hydroxyl groups is 1. The smallest absolute Gasteiger partial charge is 0.287 e. The van der Waals surface area contributed by atoms with Gasteiger partial charge in [0.15, 0.2) is 0 Å². The highest BCUT2D eigenvalue weighted by Gasteiger charge is 2.62. The number of nitrogens with two attached hydrogens (primary N) is 4. The van der Waals surface area contributed by atoms with Crippen molar-refractivity contribution >= 4 is 23.5 Å². The number of amides is 3. The van der Waals surface area contributed by atoms with E-state index in [1.165, 1.54) is 30.0 Å². The van der Waals surface area contributed by atoms with Crippen molar-refractivity contribution in [1.82, 2.24) is 15.2 Å². The van der Waals surface area contributed by atoms with Gasteiger partial charge in [0.05, 0.1) is 18.3 Å². The van der Waals surface area contributed by atoms with E-state index in [0.29, 0.717) is 12.8 Å². The molecule has 1 aliphatic heterocycles. The van der Waals surface area contributed by atoms with Crippen molar-refractivity contribution in [2.45, 2.75) is 75.6 Å². The van der Waals surface area contributed by atoms with Gasteiger partial charge in [-0.1, -0.05) is 6.42 Å². The lowest BCUT2D eigenvalue weighted by atomic mass is 9.47. The van der Waals surface area contributed by atoms with Crippen molar-refractivity contribution in [3.8, 4) is 0 Å². The Morgan fingerprint density at radius 2 is 1.85 bits per heavy atom. The van der Waals surface area contributed by atoms with E-state index in [9.17, 15) is 24.3 Å². The number of carbonyl (C=O) groups is 4. The summed E-state index contributed by atoms with van der Waals surface area (Å²) in [5.41, 5.74) is 14.0. The van der Waals surface area contributed by atoms with Crippen LogP contribution in [0.15, 0.2) is 11.9 Å². The molecule has 3 fully saturated rings. The lowest BCUT2D eigenvalue weighted by Gasteiger charge is -2.60. The number of carbonyl (C=O) groups excluding carboxylic acids is 4. The molecule has 2 saturated carbocycles. The van der Waals surface area contributed by atoms with Gasteiger partial charge in [0.25, 0.3) is 5.91 Å². The van der Waals surface area contributed by atoms with Gasteiger partial charge in [-0.15, -0.1) is 0 Å². The van der Waals surface area contributed by atoms with Crippen molar-refractivity contribution in [2.75, 3.05) is 13.1 Å². The number of likely N-dealkylation sites (tertiary alicyclic amines) is 1. The van der Waals surface area contributed by atoms with E-state index in [1.807, 2.05) is 0 Å². The van der Waals surface area contributed by atoms with E-state index in [0.717, 1.165) is 19.3 Å². The van der Waals surface area contributed by atoms with Gasteiger partial charge >= 0.3 is 0 Å². The quantitative estimate of drug-likeness (QED) is 0.127. The third-order valence-corrected chi connectivity index (χ3v) is 7.32. The molecule has 0 aromatic rings. The molecule has 3 aliphatic rings. The van der Waals surface area contributed by atoms with Crippen LogP contribution in [0.25, 0.3) is 0 Å². The van der Waals surface area contributed by atoms with Gasteiger partial charge < -0.3 is 37.5 Å². The number of primary amides is 1. The number of Topliss-reactive ketones (excluding diaryl/α,β-unsaturated/α-hetero) is 1. The molecule has 33 heavy (non-hydrogen) atoms. The Bertz CT molecular complexity index is 869. The normalized spacial score (nSPS) is 25.7. The van der Waals surface area contributed by atoms with Gasteiger partial charge in [0.2, 0.25) is 17.6 Å². The van der Waals surface area contributed by atoms with Crippen LogP contribution in [0.1, 0.15) is 52.4 Å². The Labute approximate surface area is 192 Å². The summed E-state index contributed by atoms with van der Waals surface area (Å²) in [4.78, 5) is 51.5. The van der Waals surface area contributed by atoms with Crippen LogP contribution in [0.3, 0.4) is 0 Å². The maximum absolute atomic E-state index is 13.3. The molecule has 0 bridgehead atoms. The van der Waals surface area contributed by atoms with Crippen LogP contribution < -0.4 is 28.4 Å². The number of hydrazine groups is 1. The molecule has 12 nitrogen and oxygen atoms in total. The Morgan fingerprint density at radius 1 is 1.24 bits per heavy atom. The van der Waals surface area contributed by atoms with Crippen LogP contribution in [0.5, 0.6) is 0 Å². The molecule has 1 heterocycles. The van der Waals surface area contributed by atoms with Crippen LogP contribution in [0.2, 0.25) is 0 Å². The molecule has 0 radical (unpaired) electrons. The highest BCUT2D eigenvalue weighted by Crippen LogP contribution is 2.60. The number of rotatable bonds is 8. The summed E-state index contributed by atoms with van der Waals surface area (Å²) in [6.07, 6.45) is 4.93. The molecular formula is C21H35N7O5. The lowest BCUT2D eigenvalue weighted by Crippen LogP contribution is -2.71. The summed E-state index contributed by atoms with van der Waals surface area (Å²) in [6.45, 7) is 2.78. The van der Waals surface area contributed by atoms with Crippen LogP contribution in [0, 0.1) is 5.41 Å². The lowest BCUT2D eigenvalue weighted by molar-refractivity contribution is -0.156. The molecule has 2 aliphatic carbocycles. The molecule has 1 spiro atoms. The number of ketones is 1. The third kappa shape index (κ3) is 4.42. The van der Waals surface area contributed by atoms with Crippen LogP contribution in [-0.2, 0) is 19.2 Å². The fourth-order valence-electron chi connectivity index (χ4n) is 5.58. The van der Waals surface area contributed by atoms with Gasteiger partial charge in [0, 0.05) is 19.2 Å². The van der Waals surface area contributed by atoms with E-state index < -0.39 is 46.7 Å². The maximum Gasteiger partial charge on any atom is 0.287 e. The summed E-state index contributed by atoms with van der Waals surface area (Å²) >= 11 is 0. The average molecular weight is 466 g/mol. The van der Waals surface area contributed by atoms with Crippen molar-refractivity contribution < 1.29 is 24.3 Å². The molecule has 2 unspecified atom stereocenters. The van der Waals surface area contributed by atoms with E-state index in [-0.39, 0.29) is 30.6 Å². The van der Waals surface area contributed by atoms with Crippen LogP contribution in [0.4, 0.5) is 0 Å². The number of hydrogen-bond acceptors (Lipinski definition) is 9.